The summed E-state index contributed by atoms with van der Waals surface area (Å²) in [5, 5.41) is 8.08. The van der Waals surface area contributed by atoms with Crippen LogP contribution in [0.1, 0.15) is 24.6 Å². The third-order valence-corrected chi connectivity index (χ3v) is 2.74. The molecular weight excluding hydrogens is 164 g/mol. The Balaban J connectivity index is 2.12. The minimum absolute atomic E-state index is 0.575. The van der Waals surface area contributed by atoms with Crippen molar-refractivity contribution in [3.05, 3.63) is 12.2 Å². The maximum absolute atomic E-state index is 4.16. The molecule has 0 bridgehead atoms. The molecule has 1 aromatic rings. The van der Waals surface area contributed by atoms with E-state index in [0.29, 0.717) is 5.92 Å². The number of aromatic nitrogens is 3. The molecule has 1 aromatic heterocycles. The predicted molar refractivity (Wildman–Crippen MR) is 50.5 cm³/mol. The molecule has 0 saturated carbocycles. The first-order chi connectivity index (χ1) is 6.27. The van der Waals surface area contributed by atoms with E-state index in [1.807, 2.05) is 11.6 Å². The van der Waals surface area contributed by atoms with E-state index in [1.165, 1.54) is 19.4 Å². The number of likely N-dealkylation sites (tertiary alicyclic amines) is 1. The average molecular weight is 180 g/mol. The fraction of sp³-hybridized carbons (Fsp3) is 0.778. The van der Waals surface area contributed by atoms with Gasteiger partial charge in [-0.2, -0.15) is 0 Å². The highest BCUT2D eigenvalue weighted by molar-refractivity contribution is 4.98. The summed E-state index contributed by atoms with van der Waals surface area (Å²) in [5.41, 5.74) is 0. The van der Waals surface area contributed by atoms with Crippen molar-refractivity contribution in [3.63, 3.8) is 0 Å². The zero-order chi connectivity index (χ0) is 9.26. The topological polar surface area (TPSA) is 34.0 Å². The molecule has 1 aliphatic rings. The Morgan fingerprint density at radius 3 is 2.92 bits per heavy atom. The zero-order valence-electron chi connectivity index (χ0n) is 8.27. The van der Waals surface area contributed by atoms with Crippen LogP contribution in [0.5, 0.6) is 0 Å². The third-order valence-electron chi connectivity index (χ3n) is 2.74. The summed E-state index contributed by atoms with van der Waals surface area (Å²) in [6.45, 7) is 2.33. The van der Waals surface area contributed by atoms with Crippen molar-refractivity contribution < 1.29 is 0 Å². The molecule has 0 spiro atoms. The summed E-state index contributed by atoms with van der Waals surface area (Å²) >= 11 is 0. The fourth-order valence-electron chi connectivity index (χ4n) is 2.04. The molecule has 0 unspecified atom stereocenters. The van der Waals surface area contributed by atoms with Crippen LogP contribution in [-0.4, -0.2) is 39.8 Å². The van der Waals surface area contributed by atoms with Gasteiger partial charge < -0.3 is 9.47 Å². The Kier molecular flexibility index (Phi) is 2.31. The highest BCUT2D eigenvalue weighted by Crippen LogP contribution is 2.23. The van der Waals surface area contributed by atoms with Gasteiger partial charge in [0.1, 0.15) is 12.2 Å². The van der Waals surface area contributed by atoms with Gasteiger partial charge in [-0.1, -0.05) is 0 Å². The highest BCUT2D eigenvalue weighted by Gasteiger charge is 2.22. The van der Waals surface area contributed by atoms with E-state index in [-0.39, 0.29) is 0 Å². The molecule has 0 N–H and O–H groups in total. The summed E-state index contributed by atoms with van der Waals surface area (Å²) in [6.07, 6.45) is 4.30. The molecule has 4 heteroatoms. The number of nitrogens with zero attached hydrogens (tertiary/aromatic N) is 4. The molecule has 13 heavy (non-hydrogen) atoms. The molecule has 1 fully saturated rings. The largest absolute Gasteiger partial charge is 0.320 e. The van der Waals surface area contributed by atoms with E-state index < -0.39 is 0 Å². The van der Waals surface area contributed by atoms with Crippen LogP contribution >= 0.6 is 0 Å². The molecule has 0 radical (unpaired) electrons. The second-order valence-electron chi connectivity index (χ2n) is 3.90. The number of piperidine rings is 1. The van der Waals surface area contributed by atoms with Gasteiger partial charge in [0.05, 0.1) is 0 Å². The first-order valence-electron chi connectivity index (χ1n) is 4.80. The van der Waals surface area contributed by atoms with E-state index in [4.69, 9.17) is 0 Å². The van der Waals surface area contributed by atoms with Crippen molar-refractivity contribution in [2.24, 2.45) is 7.05 Å². The van der Waals surface area contributed by atoms with E-state index in [0.717, 1.165) is 12.4 Å². The van der Waals surface area contributed by atoms with Crippen LogP contribution < -0.4 is 0 Å². The van der Waals surface area contributed by atoms with Crippen molar-refractivity contribution in [3.8, 4) is 0 Å². The number of hydrogen-bond donors (Lipinski definition) is 0. The monoisotopic (exact) mass is 180 g/mol. The minimum atomic E-state index is 0.575. The minimum Gasteiger partial charge on any atom is -0.320 e. The quantitative estimate of drug-likeness (QED) is 0.635. The highest BCUT2D eigenvalue weighted by atomic mass is 15.3. The third kappa shape index (κ3) is 1.72. The van der Waals surface area contributed by atoms with E-state index >= 15 is 0 Å². The van der Waals surface area contributed by atoms with Crippen LogP contribution in [0.2, 0.25) is 0 Å². The van der Waals surface area contributed by atoms with Gasteiger partial charge in [0.25, 0.3) is 0 Å². The van der Waals surface area contributed by atoms with Gasteiger partial charge in [-0.3, -0.25) is 0 Å². The van der Waals surface area contributed by atoms with E-state index in [2.05, 4.69) is 22.1 Å². The Labute approximate surface area is 78.6 Å². The summed E-state index contributed by atoms with van der Waals surface area (Å²) in [5.74, 6) is 1.71. The molecule has 1 aliphatic heterocycles. The normalized spacial score (nSPS) is 24.9. The molecule has 1 saturated heterocycles. The fourth-order valence-corrected chi connectivity index (χ4v) is 2.04. The van der Waals surface area contributed by atoms with Crippen molar-refractivity contribution in [2.45, 2.75) is 18.8 Å². The van der Waals surface area contributed by atoms with Crippen LogP contribution in [0.25, 0.3) is 0 Å². The molecule has 0 amide bonds. The smallest absolute Gasteiger partial charge is 0.136 e. The zero-order valence-corrected chi connectivity index (χ0v) is 8.27. The van der Waals surface area contributed by atoms with Crippen molar-refractivity contribution in [1.29, 1.82) is 0 Å². The number of likely N-dealkylation sites (N-methyl/N-ethyl adjacent to an activating group) is 1. The first kappa shape index (κ1) is 8.69. The van der Waals surface area contributed by atoms with Crippen molar-refractivity contribution >= 4 is 0 Å². The van der Waals surface area contributed by atoms with Crippen molar-refractivity contribution in [2.75, 3.05) is 20.1 Å². The number of hydrogen-bond acceptors (Lipinski definition) is 3. The maximum Gasteiger partial charge on any atom is 0.136 e. The van der Waals surface area contributed by atoms with Gasteiger partial charge in [-0.05, 0) is 26.4 Å². The second kappa shape index (κ2) is 3.46. The maximum atomic E-state index is 4.16. The molecule has 1 atom stereocenters. The van der Waals surface area contributed by atoms with Gasteiger partial charge in [0.2, 0.25) is 0 Å². The molecule has 2 rings (SSSR count). The molecule has 72 valence electrons. The molecule has 4 nitrogen and oxygen atoms in total. The predicted octanol–water partition coefficient (Wildman–Crippen LogP) is 0.624. The van der Waals surface area contributed by atoms with Gasteiger partial charge in [-0.25, -0.2) is 0 Å². The average Bonchev–Trinajstić information content (AvgIpc) is 2.51. The van der Waals surface area contributed by atoms with Crippen LogP contribution in [-0.2, 0) is 7.05 Å². The molecule has 0 aromatic carbocycles. The number of rotatable bonds is 1. The van der Waals surface area contributed by atoms with Crippen LogP contribution in [0.4, 0.5) is 0 Å². The van der Waals surface area contributed by atoms with E-state index in [9.17, 15) is 0 Å². The summed E-state index contributed by atoms with van der Waals surface area (Å²) in [7, 11) is 4.19. The van der Waals surface area contributed by atoms with Gasteiger partial charge in [0, 0.05) is 19.5 Å². The van der Waals surface area contributed by atoms with Crippen molar-refractivity contribution in [1.82, 2.24) is 19.7 Å². The van der Waals surface area contributed by atoms with E-state index in [1.54, 1.807) is 6.33 Å². The van der Waals surface area contributed by atoms with Gasteiger partial charge >= 0.3 is 0 Å². The molecule has 2 heterocycles. The number of aryl methyl sites for hydroxylation is 1. The molecule has 0 aliphatic carbocycles. The lowest BCUT2D eigenvalue weighted by molar-refractivity contribution is 0.243. The Bertz CT molecular complexity index is 281. The summed E-state index contributed by atoms with van der Waals surface area (Å²) < 4.78 is 2.03. The Morgan fingerprint density at radius 1 is 1.46 bits per heavy atom. The summed E-state index contributed by atoms with van der Waals surface area (Å²) in [4.78, 5) is 2.36. The Morgan fingerprint density at radius 2 is 2.31 bits per heavy atom. The SMILES string of the molecule is CN1CCC[C@@H](c2nncn2C)C1. The lowest BCUT2D eigenvalue weighted by Gasteiger charge is -2.28. The standard InChI is InChI=1S/C9H16N4/c1-12-5-3-4-8(6-12)9-11-10-7-13(9)2/h7-8H,3-6H2,1-2H3/t8-/m1/s1. The Hall–Kier alpha value is -0.900. The lowest BCUT2D eigenvalue weighted by atomic mass is 9.98. The van der Waals surface area contributed by atoms with Gasteiger partial charge in [-0.15, -0.1) is 10.2 Å². The van der Waals surface area contributed by atoms with Crippen LogP contribution in [0, 0.1) is 0 Å². The van der Waals surface area contributed by atoms with Crippen LogP contribution in [0.15, 0.2) is 6.33 Å². The second-order valence-corrected chi connectivity index (χ2v) is 3.90. The van der Waals surface area contributed by atoms with Gasteiger partial charge in [0.15, 0.2) is 0 Å². The first-order valence-corrected chi connectivity index (χ1v) is 4.80. The lowest BCUT2D eigenvalue weighted by Crippen LogP contribution is -2.31. The molecular formula is C9H16N4. The van der Waals surface area contributed by atoms with Crippen LogP contribution in [0.3, 0.4) is 0 Å². The summed E-state index contributed by atoms with van der Waals surface area (Å²) in [6, 6.07) is 0.